The maximum atomic E-state index is 12.0. The number of rotatable bonds is 5. The minimum absolute atomic E-state index is 0.293. The van der Waals surface area contributed by atoms with Gasteiger partial charge in [-0.05, 0) is 18.2 Å². The highest BCUT2D eigenvalue weighted by atomic mass is 79.9. The number of benzene rings is 1. The van der Waals surface area contributed by atoms with Crippen LogP contribution in [-0.4, -0.2) is 44.3 Å². The molecule has 1 aliphatic heterocycles. The molecular weight excluding hydrogens is 320 g/mol. The first kappa shape index (κ1) is 13.8. The molecule has 0 aliphatic carbocycles. The summed E-state index contributed by atoms with van der Waals surface area (Å²) in [6.45, 7) is 1.52. The summed E-state index contributed by atoms with van der Waals surface area (Å²) in [4.78, 5) is 0. The molecule has 1 heterocycles. The van der Waals surface area contributed by atoms with Crippen LogP contribution in [0.15, 0.2) is 22.7 Å². The highest BCUT2D eigenvalue weighted by Gasteiger charge is 2.35. The van der Waals surface area contributed by atoms with Gasteiger partial charge in [0, 0.05) is 36.7 Å². The maximum Gasteiger partial charge on any atom is 0.282 e. The van der Waals surface area contributed by atoms with Crippen LogP contribution in [0, 0.1) is 0 Å². The van der Waals surface area contributed by atoms with Crippen LogP contribution >= 0.6 is 15.9 Å². The lowest BCUT2D eigenvalue weighted by atomic mass is 10.2. The van der Waals surface area contributed by atoms with E-state index in [1.165, 1.54) is 8.61 Å². The van der Waals surface area contributed by atoms with Gasteiger partial charge >= 0.3 is 0 Å². The summed E-state index contributed by atoms with van der Waals surface area (Å²) < 4.78 is 32.9. The van der Waals surface area contributed by atoms with E-state index in [0.29, 0.717) is 25.4 Å². The Morgan fingerprint density at radius 3 is 2.67 bits per heavy atom. The van der Waals surface area contributed by atoms with Crippen LogP contribution in [0.3, 0.4) is 0 Å². The van der Waals surface area contributed by atoms with Gasteiger partial charge in [-0.15, -0.1) is 0 Å². The number of hydrogen-bond acceptors (Lipinski definition) is 3. The van der Waals surface area contributed by atoms with Crippen molar-refractivity contribution in [3.05, 3.63) is 28.2 Å². The molecule has 2 rings (SSSR count). The van der Waals surface area contributed by atoms with Crippen molar-refractivity contribution >= 4 is 26.1 Å². The molecule has 0 amide bonds. The van der Waals surface area contributed by atoms with Crippen molar-refractivity contribution in [1.82, 2.24) is 8.61 Å². The van der Waals surface area contributed by atoms with Crippen LogP contribution in [0.5, 0.6) is 5.75 Å². The molecule has 0 atom stereocenters. The van der Waals surface area contributed by atoms with Crippen molar-refractivity contribution in [2.75, 3.05) is 27.2 Å². The molecule has 1 fully saturated rings. The van der Waals surface area contributed by atoms with E-state index in [4.69, 9.17) is 4.74 Å². The van der Waals surface area contributed by atoms with Crippen molar-refractivity contribution < 1.29 is 13.2 Å². The van der Waals surface area contributed by atoms with Crippen LogP contribution in [0.2, 0.25) is 0 Å². The molecule has 0 unspecified atom stereocenters. The number of hydrogen-bond donors (Lipinski definition) is 0. The molecular formula is C11H15BrN2O3S. The summed E-state index contributed by atoms with van der Waals surface area (Å²) in [6, 6.07) is 5.55. The van der Waals surface area contributed by atoms with Crippen LogP contribution in [-0.2, 0) is 16.8 Å². The van der Waals surface area contributed by atoms with E-state index in [0.717, 1.165) is 10.0 Å². The summed E-state index contributed by atoms with van der Waals surface area (Å²) >= 11 is 3.37. The van der Waals surface area contributed by atoms with E-state index in [-0.39, 0.29) is 0 Å². The molecule has 18 heavy (non-hydrogen) atoms. The van der Waals surface area contributed by atoms with Gasteiger partial charge in [0.05, 0.1) is 7.11 Å². The second-order valence-corrected chi connectivity index (χ2v) is 7.07. The van der Waals surface area contributed by atoms with E-state index < -0.39 is 10.2 Å². The lowest BCUT2D eigenvalue weighted by Gasteiger charge is -2.19. The first-order valence-corrected chi connectivity index (χ1v) is 7.68. The smallest absolute Gasteiger partial charge is 0.282 e. The van der Waals surface area contributed by atoms with Gasteiger partial charge in [-0.3, -0.25) is 0 Å². The van der Waals surface area contributed by atoms with Crippen molar-refractivity contribution in [1.29, 1.82) is 0 Å². The van der Waals surface area contributed by atoms with Crippen molar-refractivity contribution in [3.8, 4) is 5.75 Å². The first-order chi connectivity index (χ1) is 8.45. The fourth-order valence-corrected chi connectivity index (χ4v) is 3.31. The van der Waals surface area contributed by atoms with Gasteiger partial charge in [0.1, 0.15) is 5.75 Å². The van der Waals surface area contributed by atoms with Gasteiger partial charge in [0.15, 0.2) is 0 Å². The zero-order valence-corrected chi connectivity index (χ0v) is 12.7. The fraction of sp³-hybridized carbons (Fsp3) is 0.455. The number of halogens is 1. The van der Waals surface area contributed by atoms with Crippen LogP contribution < -0.4 is 4.74 Å². The van der Waals surface area contributed by atoms with E-state index >= 15 is 0 Å². The molecule has 1 aromatic carbocycles. The second kappa shape index (κ2) is 5.16. The highest BCUT2D eigenvalue weighted by Crippen LogP contribution is 2.26. The lowest BCUT2D eigenvalue weighted by Crippen LogP contribution is -2.31. The molecule has 5 nitrogen and oxygen atoms in total. The van der Waals surface area contributed by atoms with Crippen LogP contribution in [0.4, 0.5) is 0 Å². The zero-order valence-electron chi connectivity index (χ0n) is 10.3. The number of methoxy groups -OCH3 is 1. The molecule has 7 heteroatoms. The summed E-state index contributed by atoms with van der Waals surface area (Å²) in [5, 5.41) is 0. The Morgan fingerprint density at radius 1 is 1.44 bits per heavy atom. The Balaban J connectivity index is 2.20. The highest BCUT2D eigenvalue weighted by molar-refractivity contribution is 9.10. The minimum Gasteiger partial charge on any atom is -0.496 e. The van der Waals surface area contributed by atoms with Gasteiger partial charge in [-0.1, -0.05) is 15.9 Å². The van der Waals surface area contributed by atoms with Crippen LogP contribution in [0.1, 0.15) is 5.56 Å². The summed E-state index contributed by atoms with van der Waals surface area (Å²) in [5.74, 6) is 0.686. The Hall–Kier alpha value is -0.630. The molecule has 0 N–H and O–H groups in total. The lowest BCUT2D eigenvalue weighted by molar-refractivity contribution is 0.393. The van der Waals surface area contributed by atoms with Gasteiger partial charge < -0.3 is 4.74 Å². The molecule has 0 aromatic heterocycles. The largest absolute Gasteiger partial charge is 0.496 e. The zero-order chi connectivity index (χ0) is 13.3. The molecule has 1 aliphatic rings. The van der Waals surface area contributed by atoms with Crippen molar-refractivity contribution in [3.63, 3.8) is 0 Å². The van der Waals surface area contributed by atoms with Crippen molar-refractivity contribution in [2.45, 2.75) is 6.54 Å². The Morgan fingerprint density at radius 2 is 2.11 bits per heavy atom. The molecule has 0 radical (unpaired) electrons. The van der Waals surface area contributed by atoms with E-state index in [1.807, 2.05) is 18.2 Å². The van der Waals surface area contributed by atoms with E-state index in [9.17, 15) is 8.42 Å². The Bertz CT molecular complexity index is 543. The molecule has 1 aromatic rings. The molecule has 0 bridgehead atoms. The predicted octanol–water partition coefficient (Wildman–Crippen LogP) is 1.45. The first-order valence-electron chi connectivity index (χ1n) is 5.49. The molecule has 100 valence electrons. The topological polar surface area (TPSA) is 49.6 Å². The summed E-state index contributed by atoms with van der Waals surface area (Å²) in [7, 11) is -0.154. The second-order valence-electron chi connectivity index (χ2n) is 4.12. The average molecular weight is 335 g/mol. The minimum atomic E-state index is -3.31. The third kappa shape index (κ3) is 2.85. The Labute approximate surface area is 116 Å². The average Bonchev–Trinajstić information content (AvgIpc) is 3.13. The third-order valence-corrected chi connectivity index (χ3v) is 5.19. The quantitative estimate of drug-likeness (QED) is 0.766. The fourth-order valence-electron chi connectivity index (χ4n) is 1.66. The predicted molar refractivity (Wildman–Crippen MR) is 72.7 cm³/mol. The van der Waals surface area contributed by atoms with Gasteiger partial charge in [-0.25, -0.2) is 0 Å². The molecule has 0 saturated carbocycles. The maximum absolute atomic E-state index is 12.0. The van der Waals surface area contributed by atoms with E-state index in [2.05, 4.69) is 15.9 Å². The standard InChI is InChI=1S/C11H15BrN2O3S/c1-13(18(15,16)14-5-6-14)8-9-7-10(12)3-4-11(9)17-2/h3-4,7H,5-6,8H2,1-2H3. The molecule has 1 saturated heterocycles. The Kier molecular flexibility index (Phi) is 3.96. The number of nitrogens with zero attached hydrogens (tertiary/aromatic N) is 2. The van der Waals surface area contributed by atoms with Crippen LogP contribution in [0.25, 0.3) is 0 Å². The molecule has 0 spiro atoms. The van der Waals surface area contributed by atoms with Crippen molar-refractivity contribution in [2.24, 2.45) is 0 Å². The summed E-state index contributed by atoms with van der Waals surface area (Å²) in [5.41, 5.74) is 0.833. The summed E-state index contributed by atoms with van der Waals surface area (Å²) in [6.07, 6.45) is 0. The SMILES string of the molecule is COc1ccc(Br)cc1CN(C)S(=O)(=O)N1CC1. The van der Waals surface area contributed by atoms with Gasteiger partial charge in [0.25, 0.3) is 10.2 Å². The number of ether oxygens (including phenoxy) is 1. The van der Waals surface area contributed by atoms with E-state index in [1.54, 1.807) is 14.2 Å². The van der Waals surface area contributed by atoms with Gasteiger partial charge in [0.2, 0.25) is 0 Å². The normalized spacial score (nSPS) is 16.0. The van der Waals surface area contributed by atoms with Gasteiger partial charge in [-0.2, -0.15) is 17.0 Å². The monoisotopic (exact) mass is 334 g/mol. The third-order valence-electron chi connectivity index (χ3n) is 2.76.